The normalized spacial score (nSPS) is 21.8. The Morgan fingerprint density at radius 2 is 2.25 bits per heavy atom. The Morgan fingerprint density at radius 1 is 1.50 bits per heavy atom. The van der Waals surface area contributed by atoms with Gasteiger partial charge in [-0.3, -0.25) is 4.79 Å². The summed E-state index contributed by atoms with van der Waals surface area (Å²) in [5.41, 5.74) is 0.382. The fraction of sp³-hybridized carbons (Fsp3) is 0.500. The molecule has 1 N–H and O–H groups in total. The summed E-state index contributed by atoms with van der Waals surface area (Å²) in [6.07, 6.45) is 1.59. The number of carboxylic acids is 1. The number of carbonyl (C=O) groups is 2. The first-order chi connectivity index (χ1) is 9.54. The zero-order valence-corrected chi connectivity index (χ0v) is 11.6. The van der Waals surface area contributed by atoms with E-state index < -0.39 is 17.9 Å². The Hall–Kier alpha value is -2.11. The second-order valence-corrected chi connectivity index (χ2v) is 4.92. The van der Waals surface area contributed by atoms with Gasteiger partial charge in [0.1, 0.15) is 11.4 Å². The molecule has 1 aliphatic rings. The number of pyridine rings is 1. The van der Waals surface area contributed by atoms with Crippen LogP contribution in [-0.4, -0.2) is 41.7 Å². The Labute approximate surface area is 117 Å². The van der Waals surface area contributed by atoms with Crippen molar-refractivity contribution in [2.24, 2.45) is 11.8 Å². The van der Waals surface area contributed by atoms with Crippen molar-refractivity contribution in [3.8, 4) is 0 Å². The molecule has 2 rings (SSSR count). The van der Waals surface area contributed by atoms with Gasteiger partial charge in [0, 0.05) is 19.3 Å². The minimum absolute atomic E-state index is 0.0181. The lowest BCUT2D eigenvalue weighted by Gasteiger charge is -2.19. The third kappa shape index (κ3) is 2.74. The number of aliphatic carboxylic acids is 1. The van der Waals surface area contributed by atoms with Crippen LogP contribution in [0.5, 0.6) is 0 Å². The Morgan fingerprint density at radius 3 is 2.85 bits per heavy atom. The molecule has 20 heavy (non-hydrogen) atoms. The molecule has 1 saturated heterocycles. The van der Waals surface area contributed by atoms with E-state index in [1.54, 1.807) is 25.3 Å². The molecule has 2 unspecified atom stereocenters. The highest BCUT2D eigenvalue weighted by Crippen LogP contribution is 2.29. The van der Waals surface area contributed by atoms with Crippen LogP contribution < -0.4 is 4.90 Å². The number of hydrogen-bond acceptors (Lipinski definition) is 5. The molecule has 6 heteroatoms. The SMILES string of the molecule is CCOC(=O)c1cccnc1N1CC(C)C(C(=O)O)C1. The van der Waals surface area contributed by atoms with Gasteiger partial charge in [-0.05, 0) is 25.0 Å². The molecule has 1 aliphatic heterocycles. The van der Waals surface area contributed by atoms with E-state index in [-0.39, 0.29) is 5.92 Å². The fourth-order valence-corrected chi connectivity index (χ4v) is 2.48. The number of hydrogen-bond donors (Lipinski definition) is 1. The van der Waals surface area contributed by atoms with Crippen molar-refractivity contribution in [3.05, 3.63) is 23.9 Å². The van der Waals surface area contributed by atoms with E-state index >= 15 is 0 Å². The van der Waals surface area contributed by atoms with Gasteiger partial charge in [-0.25, -0.2) is 9.78 Å². The number of nitrogens with zero attached hydrogens (tertiary/aromatic N) is 2. The zero-order valence-electron chi connectivity index (χ0n) is 11.6. The lowest BCUT2D eigenvalue weighted by Crippen LogP contribution is -2.25. The third-order valence-electron chi connectivity index (χ3n) is 3.51. The molecule has 0 amide bonds. The average Bonchev–Trinajstić information content (AvgIpc) is 2.81. The highest BCUT2D eigenvalue weighted by molar-refractivity contribution is 5.95. The van der Waals surface area contributed by atoms with Gasteiger partial charge in [-0.1, -0.05) is 6.92 Å². The Kier molecular flexibility index (Phi) is 4.22. The summed E-state index contributed by atoms with van der Waals surface area (Å²) in [5, 5.41) is 9.17. The minimum atomic E-state index is -0.811. The number of esters is 1. The molecule has 1 aromatic heterocycles. The van der Waals surface area contributed by atoms with E-state index in [1.807, 2.05) is 11.8 Å². The molecule has 108 valence electrons. The first-order valence-electron chi connectivity index (χ1n) is 6.64. The van der Waals surface area contributed by atoms with Crippen LogP contribution in [0.1, 0.15) is 24.2 Å². The molecule has 1 aromatic rings. The topological polar surface area (TPSA) is 79.7 Å². The smallest absolute Gasteiger partial charge is 0.341 e. The molecule has 0 bridgehead atoms. The van der Waals surface area contributed by atoms with Gasteiger partial charge in [0.25, 0.3) is 0 Å². The molecule has 0 aliphatic carbocycles. The van der Waals surface area contributed by atoms with Gasteiger partial charge < -0.3 is 14.7 Å². The van der Waals surface area contributed by atoms with Gasteiger partial charge in [-0.2, -0.15) is 0 Å². The quantitative estimate of drug-likeness (QED) is 0.839. The Bertz CT molecular complexity index is 518. The highest BCUT2D eigenvalue weighted by atomic mass is 16.5. The first-order valence-corrected chi connectivity index (χ1v) is 6.64. The monoisotopic (exact) mass is 278 g/mol. The molecular formula is C14H18N2O4. The second-order valence-electron chi connectivity index (χ2n) is 4.92. The zero-order chi connectivity index (χ0) is 14.7. The van der Waals surface area contributed by atoms with E-state index in [0.717, 1.165) is 0 Å². The standard InChI is InChI=1S/C14H18N2O4/c1-3-20-14(19)10-5-4-6-15-12(10)16-7-9(2)11(8-16)13(17)18/h4-6,9,11H,3,7-8H2,1-2H3,(H,17,18). The van der Waals surface area contributed by atoms with E-state index in [1.165, 1.54) is 0 Å². The summed E-state index contributed by atoms with van der Waals surface area (Å²) in [6.45, 7) is 4.86. The number of carboxylic acid groups (broad SMARTS) is 1. The molecule has 0 spiro atoms. The van der Waals surface area contributed by atoms with Crippen molar-refractivity contribution >= 4 is 17.8 Å². The lowest BCUT2D eigenvalue weighted by molar-refractivity contribution is -0.142. The predicted molar refractivity (Wildman–Crippen MR) is 72.7 cm³/mol. The molecular weight excluding hydrogens is 260 g/mol. The summed E-state index contributed by atoms with van der Waals surface area (Å²) < 4.78 is 5.01. The summed E-state index contributed by atoms with van der Waals surface area (Å²) in [6, 6.07) is 3.32. The van der Waals surface area contributed by atoms with E-state index in [4.69, 9.17) is 4.74 Å². The Balaban J connectivity index is 2.26. The van der Waals surface area contributed by atoms with Crippen LogP contribution in [0.2, 0.25) is 0 Å². The largest absolute Gasteiger partial charge is 0.481 e. The summed E-state index contributed by atoms with van der Waals surface area (Å²) >= 11 is 0. The summed E-state index contributed by atoms with van der Waals surface area (Å²) in [7, 11) is 0. The van der Waals surface area contributed by atoms with Crippen molar-refractivity contribution in [1.82, 2.24) is 4.98 Å². The number of ether oxygens (including phenoxy) is 1. The lowest BCUT2D eigenvalue weighted by atomic mass is 9.99. The van der Waals surface area contributed by atoms with Crippen molar-refractivity contribution in [3.63, 3.8) is 0 Å². The maximum Gasteiger partial charge on any atom is 0.341 e. The number of rotatable bonds is 4. The highest BCUT2D eigenvalue weighted by Gasteiger charge is 2.36. The predicted octanol–water partition coefficient (Wildman–Crippen LogP) is 1.42. The van der Waals surface area contributed by atoms with Crippen molar-refractivity contribution in [2.45, 2.75) is 13.8 Å². The van der Waals surface area contributed by atoms with Gasteiger partial charge in [0.05, 0.1) is 12.5 Å². The maximum absolute atomic E-state index is 11.9. The number of carbonyl (C=O) groups excluding carboxylic acids is 1. The van der Waals surface area contributed by atoms with Crippen LogP contribution in [-0.2, 0) is 9.53 Å². The molecule has 6 nitrogen and oxygen atoms in total. The molecule has 0 aromatic carbocycles. The fourth-order valence-electron chi connectivity index (χ4n) is 2.48. The van der Waals surface area contributed by atoms with Crippen LogP contribution in [0.25, 0.3) is 0 Å². The van der Waals surface area contributed by atoms with Crippen LogP contribution in [0.15, 0.2) is 18.3 Å². The summed E-state index contributed by atoms with van der Waals surface area (Å²) in [4.78, 5) is 29.2. The van der Waals surface area contributed by atoms with Crippen molar-refractivity contribution < 1.29 is 19.4 Å². The van der Waals surface area contributed by atoms with Gasteiger partial charge in [-0.15, -0.1) is 0 Å². The van der Waals surface area contributed by atoms with Crippen molar-refractivity contribution in [1.29, 1.82) is 0 Å². The minimum Gasteiger partial charge on any atom is -0.481 e. The van der Waals surface area contributed by atoms with Gasteiger partial charge in [0.15, 0.2) is 0 Å². The molecule has 0 saturated carbocycles. The molecule has 0 radical (unpaired) electrons. The molecule has 1 fully saturated rings. The van der Waals surface area contributed by atoms with Gasteiger partial charge >= 0.3 is 11.9 Å². The summed E-state index contributed by atoms with van der Waals surface area (Å²) in [5.74, 6) is -1.16. The number of anilines is 1. The average molecular weight is 278 g/mol. The second kappa shape index (κ2) is 5.90. The van der Waals surface area contributed by atoms with Crippen LogP contribution in [0.4, 0.5) is 5.82 Å². The van der Waals surface area contributed by atoms with E-state index in [2.05, 4.69) is 4.98 Å². The van der Waals surface area contributed by atoms with Crippen LogP contribution in [0.3, 0.4) is 0 Å². The van der Waals surface area contributed by atoms with E-state index in [0.29, 0.717) is 31.1 Å². The van der Waals surface area contributed by atoms with Crippen LogP contribution in [0, 0.1) is 11.8 Å². The number of aromatic nitrogens is 1. The maximum atomic E-state index is 11.9. The van der Waals surface area contributed by atoms with Crippen molar-refractivity contribution in [2.75, 3.05) is 24.6 Å². The molecule has 2 heterocycles. The van der Waals surface area contributed by atoms with Crippen LogP contribution >= 0.6 is 0 Å². The van der Waals surface area contributed by atoms with E-state index in [9.17, 15) is 14.7 Å². The molecule has 2 atom stereocenters. The third-order valence-corrected chi connectivity index (χ3v) is 3.51. The first kappa shape index (κ1) is 14.3. The van der Waals surface area contributed by atoms with Gasteiger partial charge in [0.2, 0.25) is 0 Å².